The van der Waals surface area contributed by atoms with Crippen LogP contribution >= 0.6 is 38.7 Å². The van der Waals surface area contributed by atoms with Crippen LogP contribution in [0.4, 0.5) is 0 Å². The van der Waals surface area contributed by atoms with Gasteiger partial charge in [0, 0.05) is 3.57 Å². The largest absolute Gasteiger partial charge is 0.272 e. The van der Waals surface area contributed by atoms with Gasteiger partial charge in [-0.15, -0.1) is 0 Å². The van der Waals surface area contributed by atoms with E-state index in [1.54, 1.807) is 18.2 Å². The molecule has 0 aromatic heterocycles. The molecule has 66 valence electrons. The number of halogens is 2. The van der Waals surface area contributed by atoms with E-state index >= 15 is 0 Å². The maximum absolute atomic E-state index is 11.5. The van der Waals surface area contributed by atoms with Gasteiger partial charge in [0.2, 0.25) is 0 Å². The molecular weight excluding hydrogens is 349 g/mol. The molecule has 1 aromatic rings. The van der Waals surface area contributed by atoms with E-state index in [4.69, 9.17) is 0 Å². The lowest BCUT2D eigenvalue weighted by Crippen LogP contribution is -2.17. The van der Waals surface area contributed by atoms with Crippen LogP contribution in [0.15, 0.2) is 18.2 Å². The Balaban J connectivity index is 2.74. The van der Waals surface area contributed by atoms with Gasteiger partial charge in [0.1, 0.15) is 0 Å². The lowest BCUT2D eigenvalue weighted by Gasteiger charge is -1.99. The van der Waals surface area contributed by atoms with Crippen molar-refractivity contribution < 1.29 is 9.59 Å². The van der Waals surface area contributed by atoms with Gasteiger partial charge in [0.15, 0.2) is 0 Å². The van der Waals surface area contributed by atoms with Crippen molar-refractivity contribution in [1.82, 2.24) is 3.93 Å². The average molecular weight is 352 g/mol. The SMILES string of the molecule is O=C1c2cccc(I)c2C(=O)N1Br. The molecule has 1 aliphatic rings. The van der Waals surface area contributed by atoms with Gasteiger partial charge in [-0.1, -0.05) is 6.07 Å². The van der Waals surface area contributed by atoms with E-state index in [1.165, 1.54) is 0 Å². The van der Waals surface area contributed by atoms with Gasteiger partial charge in [-0.3, -0.25) is 9.59 Å². The highest BCUT2D eigenvalue weighted by Gasteiger charge is 2.35. The van der Waals surface area contributed by atoms with Crippen molar-refractivity contribution in [2.45, 2.75) is 0 Å². The summed E-state index contributed by atoms with van der Waals surface area (Å²) in [5, 5.41) is 0. The molecule has 13 heavy (non-hydrogen) atoms. The van der Waals surface area contributed by atoms with Crippen molar-refractivity contribution in [3.8, 4) is 0 Å². The summed E-state index contributed by atoms with van der Waals surface area (Å²) in [5.74, 6) is -0.580. The van der Waals surface area contributed by atoms with Crippen molar-refractivity contribution in [3.05, 3.63) is 32.9 Å². The standard InChI is InChI=1S/C8H3BrINO2/c9-11-7(12)4-2-1-3-5(10)6(4)8(11)13/h1-3H. The Morgan fingerprint density at radius 3 is 2.54 bits per heavy atom. The Bertz CT molecular complexity index is 419. The van der Waals surface area contributed by atoms with E-state index in [0.717, 1.165) is 7.50 Å². The van der Waals surface area contributed by atoms with Crippen LogP contribution in [0.3, 0.4) is 0 Å². The number of imide groups is 1. The molecular formula is C8H3BrINO2. The molecule has 0 fully saturated rings. The number of rotatable bonds is 0. The Hall–Kier alpha value is -0.430. The topological polar surface area (TPSA) is 37.4 Å². The second kappa shape index (κ2) is 3.06. The van der Waals surface area contributed by atoms with Crippen LogP contribution in [0.25, 0.3) is 0 Å². The number of amides is 2. The molecule has 1 heterocycles. The van der Waals surface area contributed by atoms with Crippen LogP contribution in [0.2, 0.25) is 0 Å². The van der Waals surface area contributed by atoms with Gasteiger partial charge >= 0.3 is 0 Å². The van der Waals surface area contributed by atoms with Crippen molar-refractivity contribution in [1.29, 1.82) is 0 Å². The fourth-order valence-corrected chi connectivity index (χ4v) is 2.31. The summed E-state index contributed by atoms with van der Waals surface area (Å²) < 4.78 is 1.76. The van der Waals surface area contributed by atoms with E-state index < -0.39 is 0 Å². The molecule has 0 atom stereocenters. The van der Waals surface area contributed by atoms with Gasteiger partial charge in [0.05, 0.1) is 27.3 Å². The van der Waals surface area contributed by atoms with E-state index in [2.05, 4.69) is 16.1 Å². The minimum absolute atomic E-state index is 0.287. The van der Waals surface area contributed by atoms with Gasteiger partial charge in [-0.25, -0.2) is 3.93 Å². The van der Waals surface area contributed by atoms with Crippen molar-refractivity contribution in [2.24, 2.45) is 0 Å². The van der Waals surface area contributed by atoms with Crippen LogP contribution in [-0.4, -0.2) is 15.7 Å². The summed E-state index contributed by atoms with van der Waals surface area (Å²) in [6.45, 7) is 0. The Kier molecular flexibility index (Phi) is 2.15. The fraction of sp³-hybridized carbons (Fsp3) is 0. The normalized spacial score (nSPS) is 15.1. The van der Waals surface area contributed by atoms with Gasteiger partial charge in [-0.05, 0) is 34.7 Å². The van der Waals surface area contributed by atoms with Gasteiger partial charge < -0.3 is 0 Å². The maximum atomic E-state index is 11.5. The minimum Gasteiger partial charge on any atom is -0.268 e. The summed E-state index contributed by atoms with van der Waals surface area (Å²) in [6.07, 6.45) is 0. The quantitative estimate of drug-likeness (QED) is 0.408. The van der Waals surface area contributed by atoms with Crippen molar-refractivity contribution >= 4 is 50.6 Å². The molecule has 1 aliphatic heterocycles. The van der Waals surface area contributed by atoms with E-state index in [1.807, 2.05) is 22.6 Å². The molecule has 3 nitrogen and oxygen atoms in total. The molecule has 0 N–H and O–H groups in total. The number of fused-ring (bicyclic) bond motifs is 1. The van der Waals surface area contributed by atoms with Gasteiger partial charge in [0.25, 0.3) is 11.8 Å². The van der Waals surface area contributed by atoms with Crippen LogP contribution < -0.4 is 0 Å². The molecule has 0 bridgehead atoms. The zero-order valence-electron chi connectivity index (χ0n) is 6.25. The smallest absolute Gasteiger partial charge is 0.268 e. The third kappa shape index (κ3) is 1.21. The minimum atomic E-state index is -0.293. The predicted octanol–water partition coefficient (Wildman–Crippen LogP) is 2.20. The Labute approximate surface area is 96.6 Å². The highest BCUT2D eigenvalue weighted by Crippen LogP contribution is 2.28. The Morgan fingerprint density at radius 1 is 1.23 bits per heavy atom. The molecule has 1 aromatic carbocycles. The molecule has 0 saturated carbocycles. The molecule has 2 amide bonds. The highest BCUT2D eigenvalue weighted by atomic mass is 127. The number of carbonyl (C=O) groups is 2. The maximum Gasteiger partial charge on any atom is 0.272 e. The number of benzene rings is 1. The number of nitrogens with zero attached hydrogens (tertiary/aromatic N) is 1. The first-order chi connectivity index (χ1) is 6.13. The van der Waals surface area contributed by atoms with Gasteiger partial charge in [-0.2, -0.15) is 0 Å². The van der Waals surface area contributed by atoms with Crippen molar-refractivity contribution in [2.75, 3.05) is 0 Å². The van der Waals surface area contributed by atoms with Crippen LogP contribution in [-0.2, 0) is 0 Å². The monoisotopic (exact) mass is 351 g/mol. The molecule has 0 spiro atoms. The zero-order valence-corrected chi connectivity index (χ0v) is 10.00. The first kappa shape index (κ1) is 9.14. The van der Waals surface area contributed by atoms with Crippen LogP contribution in [0, 0.1) is 3.57 Å². The van der Waals surface area contributed by atoms with E-state index in [0.29, 0.717) is 11.1 Å². The third-order valence-corrected chi connectivity index (χ3v) is 3.36. The summed E-state index contributed by atoms with van der Waals surface area (Å²) >= 11 is 4.96. The molecule has 2 rings (SSSR count). The summed E-state index contributed by atoms with van der Waals surface area (Å²) in [4.78, 5) is 22.9. The fourth-order valence-electron chi connectivity index (χ4n) is 1.22. The van der Waals surface area contributed by atoms with E-state index in [9.17, 15) is 9.59 Å². The lowest BCUT2D eigenvalue weighted by molar-refractivity contribution is 0.0785. The van der Waals surface area contributed by atoms with Crippen molar-refractivity contribution in [3.63, 3.8) is 0 Å². The predicted molar refractivity (Wildman–Crippen MR) is 58.6 cm³/mol. The Morgan fingerprint density at radius 2 is 1.92 bits per heavy atom. The molecule has 0 unspecified atom stereocenters. The first-order valence-electron chi connectivity index (χ1n) is 3.46. The summed E-state index contributed by atoms with van der Waals surface area (Å²) in [6, 6.07) is 5.22. The number of hydrogen-bond donors (Lipinski definition) is 0. The highest BCUT2D eigenvalue weighted by molar-refractivity contribution is 14.1. The molecule has 5 heteroatoms. The molecule has 0 radical (unpaired) electrons. The second-order valence-corrected chi connectivity index (χ2v) is 4.43. The molecule has 0 aliphatic carbocycles. The van der Waals surface area contributed by atoms with Crippen LogP contribution in [0.1, 0.15) is 20.7 Å². The average Bonchev–Trinajstić information content (AvgIpc) is 2.33. The number of carbonyl (C=O) groups excluding carboxylic acids is 2. The lowest BCUT2D eigenvalue weighted by atomic mass is 10.1. The number of hydrogen-bond acceptors (Lipinski definition) is 2. The van der Waals surface area contributed by atoms with E-state index in [-0.39, 0.29) is 11.8 Å². The third-order valence-electron chi connectivity index (χ3n) is 1.81. The molecule has 0 saturated heterocycles. The summed E-state index contributed by atoms with van der Waals surface area (Å²) in [7, 11) is 0. The second-order valence-electron chi connectivity index (χ2n) is 2.55. The summed E-state index contributed by atoms with van der Waals surface area (Å²) in [5.41, 5.74) is 0.957. The zero-order chi connectivity index (χ0) is 9.59. The first-order valence-corrected chi connectivity index (χ1v) is 5.25. The van der Waals surface area contributed by atoms with Crippen LogP contribution in [0.5, 0.6) is 0 Å².